The van der Waals surface area contributed by atoms with E-state index in [9.17, 15) is 0 Å². The summed E-state index contributed by atoms with van der Waals surface area (Å²) in [7, 11) is 0. The van der Waals surface area contributed by atoms with Crippen LogP contribution >= 0.6 is 0 Å². The number of hydrogen-bond donors (Lipinski definition) is 0. The lowest BCUT2D eigenvalue weighted by Crippen LogP contribution is -2.44. The lowest BCUT2D eigenvalue weighted by Gasteiger charge is -2.52. The minimum atomic E-state index is 0.287. The molecule has 0 radical (unpaired) electrons. The molecule has 0 N–H and O–H groups in total. The highest BCUT2D eigenvalue weighted by molar-refractivity contribution is 5.69. The van der Waals surface area contributed by atoms with E-state index in [-0.39, 0.29) is 5.41 Å². The molecule has 3 aliphatic rings. The molecule has 38 heavy (non-hydrogen) atoms. The third kappa shape index (κ3) is 3.83. The topological polar surface area (TPSA) is 51.6 Å². The molecule has 0 amide bonds. The van der Waals surface area contributed by atoms with Crippen LogP contribution in [0.1, 0.15) is 50.7 Å². The standard InChI is InChI=1S/C34H30N4/c1-33-17-19-34(2,20-18-33)28-21-25(13-15-27(28)33)29-16-14-26(22-35-29)32-37-30(23-9-5-3-6-10-23)36-31(38-32)24-11-7-4-8-12-24/h3-16,21-22H,17-20H2,1-2H3. The van der Waals surface area contributed by atoms with Crippen LogP contribution in [0.3, 0.4) is 0 Å². The Morgan fingerprint density at radius 3 is 1.53 bits per heavy atom. The number of rotatable bonds is 4. The first-order valence-corrected chi connectivity index (χ1v) is 13.5. The van der Waals surface area contributed by atoms with Gasteiger partial charge in [0.25, 0.3) is 0 Å². The second-order valence-corrected chi connectivity index (χ2v) is 11.4. The van der Waals surface area contributed by atoms with Crippen LogP contribution in [0.5, 0.6) is 0 Å². The maximum Gasteiger partial charge on any atom is 0.165 e. The molecule has 2 aromatic heterocycles. The maximum absolute atomic E-state index is 4.88. The number of benzene rings is 3. The predicted molar refractivity (Wildman–Crippen MR) is 153 cm³/mol. The van der Waals surface area contributed by atoms with Gasteiger partial charge in [-0.3, -0.25) is 4.98 Å². The van der Waals surface area contributed by atoms with Gasteiger partial charge >= 0.3 is 0 Å². The molecule has 0 saturated heterocycles. The summed E-state index contributed by atoms with van der Waals surface area (Å²) in [5.74, 6) is 1.94. The summed E-state index contributed by atoms with van der Waals surface area (Å²) in [4.78, 5) is 19.4. The van der Waals surface area contributed by atoms with Crippen LogP contribution in [0.15, 0.2) is 97.2 Å². The van der Waals surface area contributed by atoms with Crippen LogP contribution in [0.25, 0.3) is 45.4 Å². The number of pyridine rings is 1. The second kappa shape index (κ2) is 8.70. The molecule has 0 atom stereocenters. The SMILES string of the molecule is CC12CCC(C)(CC1)c1cc(-c3ccc(-c4nc(-c5ccccc5)nc(-c5ccccc5)n4)cn3)ccc12. The van der Waals surface area contributed by atoms with Gasteiger partial charge in [-0.15, -0.1) is 0 Å². The average Bonchev–Trinajstić information content (AvgIpc) is 2.99. The van der Waals surface area contributed by atoms with Gasteiger partial charge in [0.05, 0.1) is 5.69 Å². The highest BCUT2D eigenvalue weighted by Gasteiger charge is 2.47. The molecule has 8 rings (SSSR count). The van der Waals surface area contributed by atoms with Gasteiger partial charge in [-0.1, -0.05) is 86.6 Å². The lowest BCUT2D eigenvalue weighted by molar-refractivity contribution is 0.188. The van der Waals surface area contributed by atoms with Crippen molar-refractivity contribution >= 4 is 0 Å². The van der Waals surface area contributed by atoms with Crippen LogP contribution in [0, 0.1) is 0 Å². The van der Waals surface area contributed by atoms with E-state index in [1.54, 1.807) is 5.56 Å². The van der Waals surface area contributed by atoms with Crippen LogP contribution < -0.4 is 0 Å². The van der Waals surface area contributed by atoms with Crippen LogP contribution in [-0.2, 0) is 10.8 Å². The summed E-state index contributed by atoms with van der Waals surface area (Å²) in [5.41, 5.74) is 8.65. The van der Waals surface area contributed by atoms with Crippen molar-refractivity contribution in [3.8, 4) is 45.4 Å². The summed E-state index contributed by atoms with van der Waals surface area (Å²) in [6.45, 7) is 4.89. The fourth-order valence-corrected chi connectivity index (χ4v) is 6.26. The summed E-state index contributed by atoms with van der Waals surface area (Å²) in [5, 5.41) is 0. The van der Waals surface area contributed by atoms with Crippen LogP contribution in [0.2, 0.25) is 0 Å². The fourth-order valence-electron chi connectivity index (χ4n) is 6.26. The van der Waals surface area contributed by atoms with Gasteiger partial charge in [-0.2, -0.15) is 0 Å². The number of aromatic nitrogens is 4. The van der Waals surface area contributed by atoms with E-state index in [0.29, 0.717) is 22.9 Å². The molecule has 4 heteroatoms. The lowest BCUT2D eigenvalue weighted by atomic mass is 9.52. The number of hydrogen-bond acceptors (Lipinski definition) is 4. The molecule has 4 nitrogen and oxygen atoms in total. The highest BCUT2D eigenvalue weighted by atomic mass is 15.0. The van der Waals surface area contributed by atoms with Crippen molar-refractivity contribution in [3.63, 3.8) is 0 Å². The molecule has 5 aromatic rings. The molecule has 0 aliphatic heterocycles. The Balaban J connectivity index is 1.27. The highest BCUT2D eigenvalue weighted by Crippen LogP contribution is 2.56. The summed E-state index contributed by atoms with van der Waals surface area (Å²) >= 11 is 0. The van der Waals surface area contributed by atoms with Gasteiger partial charge < -0.3 is 0 Å². The molecule has 3 aliphatic carbocycles. The zero-order valence-corrected chi connectivity index (χ0v) is 21.9. The van der Waals surface area contributed by atoms with Crippen molar-refractivity contribution in [2.24, 2.45) is 0 Å². The van der Waals surface area contributed by atoms with E-state index in [2.05, 4.69) is 44.2 Å². The molecule has 1 fully saturated rings. The average molecular weight is 495 g/mol. The predicted octanol–water partition coefficient (Wildman–Crippen LogP) is 8.04. The Morgan fingerprint density at radius 1 is 0.500 bits per heavy atom. The Kier molecular flexibility index (Phi) is 5.26. The first-order valence-electron chi connectivity index (χ1n) is 13.5. The summed E-state index contributed by atoms with van der Waals surface area (Å²) in [6.07, 6.45) is 7.04. The van der Waals surface area contributed by atoms with E-state index >= 15 is 0 Å². The van der Waals surface area contributed by atoms with E-state index in [4.69, 9.17) is 19.9 Å². The van der Waals surface area contributed by atoms with Gasteiger partial charge in [0.1, 0.15) is 0 Å². The first-order chi connectivity index (χ1) is 18.5. The number of nitrogens with zero attached hydrogens (tertiary/aromatic N) is 4. The van der Waals surface area contributed by atoms with Gasteiger partial charge in [0, 0.05) is 28.5 Å². The third-order valence-corrected chi connectivity index (χ3v) is 8.79. The minimum Gasteiger partial charge on any atom is -0.255 e. The zero-order valence-electron chi connectivity index (χ0n) is 21.9. The fraction of sp³-hybridized carbons (Fsp3) is 0.235. The van der Waals surface area contributed by atoms with Crippen molar-refractivity contribution in [2.75, 3.05) is 0 Å². The van der Waals surface area contributed by atoms with Crippen molar-refractivity contribution < 1.29 is 0 Å². The molecule has 1 saturated carbocycles. The summed E-state index contributed by atoms with van der Waals surface area (Å²) < 4.78 is 0. The van der Waals surface area contributed by atoms with Crippen molar-refractivity contribution in [1.82, 2.24) is 19.9 Å². The van der Waals surface area contributed by atoms with Crippen molar-refractivity contribution in [3.05, 3.63) is 108 Å². The Labute approximate surface area is 223 Å². The van der Waals surface area contributed by atoms with Gasteiger partial charge in [-0.05, 0) is 65.8 Å². The van der Waals surface area contributed by atoms with Gasteiger partial charge in [0.15, 0.2) is 17.5 Å². The molecule has 186 valence electrons. The molecule has 0 unspecified atom stereocenters. The van der Waals surface area contributed by atoms with E-state index in [0.717, 1.165) is 22.4 Å². The van der Waals surface area contributed by atoms with Gasteiger partial charge in [0.2, 0.25) is 0 Å². The molecule has 2 bridgehead atoms. The normalized spacial score (nSPS) is 21.7. The quantitative estimate of drug-likeness (QED) is 0.254. The molecule has 3 aromatic carbocycles. The van der Waals surface area contributed by atoms with E-state index < -0.39 is 0 Å². The molecule has 2 heterocycles. The second-order valence-electron chi connectivity index (χ2n) is 11.4. The smallest absolute Gasteiger partial charge is 0.165 e. The van der Waals surface area contributed by atoms with E-state index in [1.807, 2.05) is 66.9 Å². The first kappa shape index (κ1) is 23.0. The Bertz CT molecular complexity index is 1560. The Hall–Kier alpha value is -4.18. The van der Waals surface area contributed by atoms with Crippen molar-refractivity contribution in [2.45, 2.75) is 50.4 Å². The third-order valence-electron chi connectivity index (χ3n) is 8.79. The zero-order chi connectivity index (χ0) is 25.7. The van der Waals surface area contributed by atoms with E-state index in [1.165, 1.54) is 36.8 Å². The largest absolute Gasteiger partial charge is 0.255 e. The van der Waals surface area contributed by atoms with Crippen molar-refractivity contribution in [1.29, 1.82) is 0 Å². The molecular formula is C34H30N4. The molecular weight excluding hydrogens is 464 g/mol. The maximum atomic E-state index is 4.88. The number of fused-ring (bicyclic) bond motifs is 2. The summed E-state index contributed by atoms with van der Waals surface area (Å²) in [6, 6.07) is 31.3. The van der Waals surface area contributed by atoms with Crippen LogP contribution in [-0.4, -0.2) is 19.9 Å². The van der Waals surface area contributed by atoms with Crippen LogP contribution in [0.4, 0.5) is 0 Å². The van der Waals surface area contributed by atoms with Gasteiger partial charge in [-0.25, -0.2) is 15.0 Å². The monoisotopic (exact) mass is 494 g/mol. The minimum absolute atomic E-state index is 0.287. The Morgan fingerprint density at radius 2 is 1.00 bits per heavy atom. The molecule has 0 spiro atoms.